The molecule has 0 spiro atoms. The summed E-state index contributed by atoms with van der Waals surface area (Å²) >= 11 is 0. The van der Waals surface area contributed by atoms with E-state index in [1.807, 2.05) is 0 Å². The van der Waals surface area contributed by atoms with Gasteiger partial charge in [0.25, 0.3) is 0 Å². The van der Waals surface area contributed by atoms with Gasteiger partial charge in [0, 0.05) is 5.57 Å². The topological polar surface area (TPSA) is 34.1 Å². The molecular weight excluding hydrogens is 168 g/mol. The summed E-state index contributed by atoms with van der Waals surface area (Å²) in [5.74, 6) is 1.69. The molecule has 0 N–H and O–H groups in total. The van der Waals surface area contributed by atoms with Crippen molar-refractivity contribution in [2.75, 3.05) is 0 Å². The van der Waals surface area contributed by atoms with Crippen LogP contribution in [0.5, 0.6) is 0 Å². The number of hydrogen-bond acceptors (Lipinski definition) is 2. The Morgan fingerprint density at radius 1 is 1.08 bits per heavy atom. The van der Waals surface area contributed by atoms with Gasteiger partial charge >= 0.3 is 0 Å². The zero-order valence-corrected chi connectivity index (χ0v) is 9.82. The maximum atomic E-state index is 10.5. The van der Waals surface area contributed by atoms with Crippen LogP contribution in [0.4, 0.5) is 0 Å². The Balaban J connectivity index is 0. The molecule has 70 valence electrons. The minimum Gasteiger partial charge on any atom is -0.306 e. The molecule has 0 aliphatic carbocycles. The lowest BCUT2D eigenvalue weighted by Gasteiger charge is -2.07. The van der Waals surface area contributed by atoms with Crippen molar-refractivity contribution in [3.8, 4) is 0 Å². The first-order valence-electron chi connectivity index (χ1n) is 3.91. The summed E-state index contributed by atoms with van der Waals surface area (Å²) in [5.41, 5.74) is 0.699. The molecule has 0 amide bonds. The number of rotatable bonds is 1. The minimum atomic E-state index is -1.37. The second-order valence-electron chi connectivity index (χ2n) is 3.91. The van der Waals surface area contributed by atoms with Gasteiger partial charge in [0.05, 0.1) is 0 Å². The summed E-state index contributed by atoms with van der Waals surface area (Å²) in [6.07, 6.45) is 0. The van der Waals surface area contributed by atoms with E-state index in [0.29, 0.717) is 11.0 Å². The smallest absolute Gasteiger partial charge is 0.123 e. The lowest BCUT2D eigenvalue weighted by molar-refractivity contribution is -0.110. The molecule has 0 atom stereocenters. The van der Waals surface area contributed by atoms with E-state index < -0.39 is 8.07 Å². The first-order chi connectivity index (χ1) is 5.21. The fraction of sp³-hybridized carbons (Fsp3) is 0.667. The van der Waals surface area contributed by atoms with Crippen LogP contribution in [-0.2, 0) is 9.59 Å². The van der Waals surface area contributed by atoms with Gasteiger partial charge in [-0.2, -0.15) is 0 Å². The molecule has 3 heteroatoms. The van der Waals surface area contributed by atoms with Gasteiger partial charge < -0.3 is 4.79 Å². The van der Waals surface area contributed by atoms with Crippen LogP contribution in [0.3, 0.4) is 0 Å². The van der Waals surface area contributed by atoms with Gasteiger partial charge in [-0.15, -0.1) is 0 Å². The van der Waals surface area contributed by atoms with Crippen LogP contribution in [0, 0.1) is 0 Å². The summed E-state index contributed by atoms with van der Waals surface area (Å²) in [6.45, 7) is 11.3. The maximum absolute atomic E-state index is 10.5. The second-order valence-corrected chi connectivity index (χ2v) is 9.11. The zero-order valence-electron chi connectivity index (χ0n) is 8.82. The predicted molar refractivity (Wildman–Crippen MR) is 54.6 cm³/mol. The van der Waals surface area contributed by atoms with Crippen molar-refractivity contribution < 1.29 is 9.59 Å². The molecule has 0 saturated carbocycles. The number of carbonyl (C=O) groups excluding carboxylic acids is 2. The van der Waals surface area contributed by atoms with E-state index in [1.54, 1.807) is 26.7 Å². The average molecular weight is 186 g/mol. The molecule has 2 nitrogen and oxygen atoms in total. The van der Waals surface area contributed by atoms with Gasteiger partial charge in [-0.1, -0.05) is 19.6 Å². The molecule has 0 heterocycles. The standard InChI is InChI=1S/C5H12OSi.C4H6O/c1-5(6)7(2,3)4;1-4(2)3-5/h1-4H3;1-2H3. The Kier molecular flexibility index (Phi) is 6.86. The predicted octanol–water partition coefficient (Wildman–Crippen LogP) is 2.24. The third-order valence-corrected chi connectivity index (χ3v) is 3.37. The largest absolute Gasteiger partial charge is 0.306 e. The van der Waals surface area contributed by atoms with Crippen LogP contribution in [0.25, 0.3) is 0 Å². The normalized spacial score (nSPS) is 9.17. The third-order valence-electron chi connectivity index (χ3n) is 1.26. The van der Waals surface area contributed by atoms with Crippen LogP contribution in [0.15, 0.2) is 5.57 Å². The third kappa shape index (κ3) is 12.1. The maximum Gasteiger partial charge on any atom is 0.123 e. The van der Waals surface area contributed by atoms with E-state index in [9.17, 15) is 9.59 Å². The summed E-state index contributed by atoms with van der Waals surface area (Å²) in [4.78, 5) is 19.9. The van der Waals surface area contributed by atoms with Crippen molar-refractivity contribution >= 4 is 19.4 Å². The van der Waals surface area contributed by atoms with Crippen molar-refractivity contribution in [2.45, 2.75) is 40.4 Å². The summed E-state index contributed by atoms with van der Waals surface area (Å²) < 4.78 is 0. The van der Waals surface area contributed by atoms with Crippen molar-refractivity contribution in [1.82, 2.24) is 0 Å². The van der Waals surface area contributed by atoms with Crippen molar-refractivity contribution in [1.29, 1.82) is 0 Å². The molecule has 0 aliphatic rings. The number of hydrogen-bond donors (Lipinski definition) is 0. The van der Waals surface area contributed by atoms with Crippen molar-refractivity contribution in [3.63, 3.8) is 0 Å². The van der Waals surface area contributed by atoms with Gasteiger partial charge in [0.15, 0.2) is 0 Å². The molecule has 0 radical (unpaired) electrons. The summed E-state index contributed by atoms with van der Waals surface area (Å²) in [7, 11) is -1.37. The Morgan fingerprint density at radius 2 is 1.25 bits per heavy atom. The fourth-order valence-electron chi connectivity index (χ4n) is 0. The van der Waals surface area contributed by atoms with Crippen LogP contribution < -0.4 is 0 Å². The van der Waals surface area contributed by atoms with Crippen LogP contribution in [-0.4, -0.2) is 19.4 Å². The van der Waals surface area contributed by atoms with E-state index in [2.05, 4.69) is 19.6 Å². The monoisotopic (exact) mass is 186 g/mol. The molecule has 0 bridgehead atoms. The van der Waals surface area contributed by atoms with Crippen LogP contribution in [0.2, 0.25) is 19.6 Å². The second kappa shape index (κ2) is 5.92. The molecule has 0 aliphatic heterocycles. The minimum absolute atomic E-state index is 0.382. The van der Waals surface area contributed by atoms with E-state index >= 15 is 0 Å². The van der Waals surface area contributed by atoms with Gasteiger partial charge in [0.2, 0.25) is 0 Å². The van der Waals surface area contributed by atoms with Crippen LogP contribution in [0.1, 0.15) is 20.8 Å². The highest BCUT2D eigenvalue weighted by Crippen LogP contribution is 1.99. The van der Waals surface area contributed by atoms with Gasteiger partial charge in [-0.25, -0.2) is 4.79 Å². The molecule has 0 fully saturated rings. The summed E-state index contributed by atoms with van der Waals surface area (Å²) in [6, 6.07) is 0. The molecule has 0 rings (SSSR count). The SMILES string of the molecule is CC(=O)[Si](C)(C)C.CC(C)=C=O. The first-order valence-corrected chi connectivity index (χ1v) is 7.41. The van der Waals surface area contributed by atoms with E-state index in [4.69, 9.17) is 0 Å². The highest BCUT2D eigenvalue weighted by atomic mass is 28.3. The van der Waals surface area contributed by atoms with Gasteiger partial charge in [0.1, 0.15) is 19.4 Å². The van der Waals surface area contributed by atoms with E-state index in [0.717, 1.165) is 0 Å². The Hall–Kier alpha value is -0.663. The fourth-order valence-corrected chi connectivity index (χ4v) is 0. The quantitative estimate of drug-likeness (QED) is 0.465. The lowest BCUT2D eigenvalue weighted by atomic mass is 10.4. The highest BCUT2D eigenvalue weighted by Gasteiger charge is 2.18. The molecule has 0 saturated heterocycles. The number of allylic oxidation sites excluding steroid dienone is 1. The zero-order chi connectivity index (χ0) is 10.4. The molecular formula is C9H18O2Si. The number of carbonyl (C=O) groups is 1. The van der Waals surface area contributed by atoms with E-state index in [-0.39, 0.29) is 0 Å². The van der Waals surface area contributed by atoms with Crippen LogP contribution >= 0.6 is 0 Å². The molecule has 12 heavy (non-hydrogen) atoms. The summed E-state index contributed by atoms with van der Waals surface area (Å²) in [5, 5.41) is 0.382. The molecule has 0 aromatic heterocycles. The Bertz CT molecular complexity index is 191. The average Bonchev–Trinajstić information content (AvgIpc) is 1.87. The first kappa shape index (κ1) is 13.9. The molecule has 0 aromatic carbocycles. The Labute approximate surface area is 75.7 Å². The molecule has 0 aromatic rings. The Morgan fingerprint density at radius 3 is 1.25 bits per heavy atom. The lowest BCUT2D eigenvalue weighted by Crippen LogP contribution is -2.30. The van der Waals surface area contributed by atoms with Crippen molar-refractivity contribution in [3.05, 3.63) is 5.57 Å². The van der Waals surface area contributed by atoms with Gasteiger partial charge in [-0.05, 0) is 20.8 Å². The highest BCUT2D eigenvalue weighted by molar-refractivity contribution is 7.03. The molecule has 0 unspecified atom stereocenters. The van der Waals surface area contributed by atoms with Crippen molar-refractivity contribution in [2.24, 2.45) is 0 Å². The van der Waals surface area contributed by atoms with E-state index in [1.165, 1.54) is 0 Å². The van der Waals surface area contributed by atoms with Gasteiger partial charge in [-0.3, -0.25) is 0 Å².